The molecule has 0 bridgehead atoms. The fraction of sp³-hybridized carbons (Fsp3) is 0.375. The van der Waals surface area contributed by atoms with Crippen molar-refractivity contribution in [3.8, 4) is 0 Å². The monoisotopic (exact) mass is 197 g/mol. The van der Waals surface area contributed by atoms with Gasteiger partial charge in [-0.1, -0.05) is 0 Å². The number of hydrogen-bond donors (Lipinski definition) is 2. The third-order valence-electron chi connectivity index (χ3n) is 1.73. The van der Waals surface area contributed by atoms with Crippen molar-refractivity contribution < 1.29 is 10.0 Å². The molecule has 6 nitrogen and oxygen atoms in total. The minimum atomic E-state index is -0.511. The third-order valence-corrected chi connectivity index (χ3v) is 1.73. The lowest BCUT2D eigenvalue weighted by atomic mass is 10.1. The second kappa shape index (κ2) is 4.64. The van der Waals surface area contributed by atoms with Gasteiger partial charge in [-0.15, -0.1) is 0 Å². The van der Waals surface area contributed by atoms with E-state index in [1.807, 2.05) is 0 Å². The number of pyridine rings is 1. The van der Waals surface area contributed by atoms with Gasteiger partial charge in [-0.25, -0.2) is 0 Å². The number of nitro groups is 1. The lowest BCUT2D eigenvalue weighted by molar-refractivity contribution is -0.385. The third kappa shape index (κ3) is 2.75. The number of rotatable bonds is 4. The highest BCUT2D eigenvalue weighted by molar-refractivity contribution is 5.26. The first-order chi connectivity index (χ1) is 6.63. The average molecular weight is 197 g/mol. The highest BCUT2D eigenvalue weighted by atomic mass is 16.6. The summed E-state index contributed by atoms with van der Waals surface area (Å²) >= 11 is 0. The van der Waals surface area contributed by atoms with E-state index in [-0.39, 0.29) is 18.3 Å². The van der Waals surface area contributed by atoms with Gasteiger partial charge in [-0.05, 0) is 6.07 Å². The van der Waals surface area contributed by atoms with Crippen LogP contribution in [0.4, 0.5) is 5.69 Å². The van der Waals surface area contributed by atoms with Crippen LogP contribution in [0.25, 0.3) is 0 Å². The van der Waals surface area contributed by atoms with E-state index in [2.05, 4.69) is 4.98 Å². The van der Waals surface area contributed by atoms with Crippen LogP contribution in [-0.4, -0.2) is 27.7 Å². The first-order valence-electron chi connectivity index (χ1n) is 4.09. The number of nitrogens with two attached hydrogens (primary N) is 1. The van der Waals surface area contributed by atoms with Crippen LogP contribution < -0.4 is 5.73 Å². The maximum absolute atomic E-state index is 10.3. The van der Waals surface area contributed by atoms with Gasteiger partial charge in [0.25, 0.3) is 5.69 Å². The van der Waals surface area contributed by atoms with Crippen LogP contribution in [0.15, 0.2) is 18.3 Å². The maximum atomic E-state index is 10.3. The van der Waals surface area contributed by atoms with Crippen molar-refractivity contribution in [2.24, 2.45) is 5.73 Å². The largest absolute Gasteiger partial charge is 0.395 e. The molecule has 0 amide bonds. The molecular weight excluding hydrogens is 186 g/mol. The van der Waals surface area contributed by atoms with Crippen LogP contribution in [0.2, 0.25) is 0 Å². The molecule has 76 valence electrons. The Kier molecular flexibility index (Phi) is 3.49. The van der Waals surface area contributed by atoms with E-state index in [0.717, 1.165) is 0 Å². The van der Waals surface area contributed by atoms with Crippen molar-refractivity contribution in [2.75, 3.05) is 6.61 Å². The fourth-order valence-corrected chi connectivity index (χ4v) is 0.979. The quantitative estimate of drug-likeness (QED) is 0.516. The van der Waals surface area contributed by atoms with Gasteiger partial charge in [0.1, 0.15) is 6.20 Å². The van der Waals surface area contributed by atoms with E-state index in [9.17, 15) is 10.1 Å². The molecule has 0 aliphatic carbocycles. The molecule has 0 saturated heterocycles. The Morgan fingerprint density at radius 3 is 2.79 bits per heavy atom. The molecule has 0 spiro atoms. The second-order valence-electron chi connectivity index (χ2n) is 2.91. The van der Waals surface area contributed by atoms with Gasteiger partial charge in [0.2, 0.25) is 0 Å². The van der Waals surface area contributed by atoms with Gasteiger partial charge in [0.05, 0.1) is 11.5 Å². The molecule has 1 unspecified atom stereocenters. The summed E-state index contributed by atoms with van der Waals surface area (Å²) in [7, 11) is 0. The highest BCUT2D eigenvalue weighted by Gasteiger charge is 2.07. The van der Waals surface area contributed by atoms with Crippen molar-refractivity contribution >= 4 is 5.69 Å². The Morgan fingerprint density at radius 2 is 2.36 bits per heavy atom. The number of hydrogen-bond acceptors (Lipinski definition) is 5. The van der Waals surface area contributed by atoms with Gasteiger partial charge < -0.3 is 10.8 Å². The number of aromatic nitrogens is 1. The lowest BCUT2D eigenvalue weighted by Crippen LogP contribution is -2.27. The van der Waals surface area contributed by atoms with Crippen LogP contribution >= 0.6 is 0 Å². The summed E-state index contributed by atoms with van der Waals surface area (Å²) in [4.78, 5) is 13.6. The minimum absolute atomic E-state index is 0.0497. The molecule has 1 rings (SSSR count). The van der Waals surface area contributed by atoms with Crippen molar-refractivity contribution in [3.63, 3.8) is 0 Å². The predicted octanol–water partition coefficient (Wildman–Crippen LogP) is -0.148. The molecule has 1 heterocycles. The molecule has 0 aliphatic heterocycles. The Morgan fingerprint density at radius 1 is 1.64 bits per heavy atom. The molecule has 0 aromatic carbocycles. The van der Waals surface area contributed by atoms with E-state index in [1.165, 1.54) is 18.3 Å². The number of nitrogens with zero attached hydrogens (tertiary/aromatic N) is 2. The van der Waals surface area contributed by atoms with Crippen molar-refractivity contribution in [1.29, 1.82) is 0 Å². The summed E-state index contributed by atoms with van der Waals surface area (Å²) in [5.41, 5.74) is 6.07. The molecule has 14 heavy (non-hydrogen) atoms. The molecule has 0 radical (unpaired) electrons. The normalized spacial score (nSPS) is 12.4. The average Bonchev–Trinajstić information content (AvgIpc) is 2.18. The maximum Gasteiger partial charge on any atom is 0.287 e. The number of aliphatic hydroxyl groups is 1. The highest BCUT2D eigenvalue weighted by Crippen LogP contribution is 2.09. The molecule has 1 aromatic heterocycles. The lowest BCUT2D eigenvalue weighted by Gasteiger charge is -2.05. The topological polar surface area (TPSA) is 102 Å². The second-order valence-corrected chi connectivity index (χ2v) is 2.91. The van der Waals surface area contributed by atoms with E-state index in [0.29, 0.717) is 12.1 Å². The first kappa shape index (κ1) is 10.6. The van der Waals surface area contributed by atoms with Crippen LogP contribution in [-0.2, 0) is 6.42 Å². The smallest absolute Gasteiger partial charge is 0.287 e. The van der Waals surface area contributed by atoms with Gasteiger partial charge in [-0.3, -0.25) is 15.1 Å². The molecule has 0 aliphatic rings. The van der Waals surface area contributed by atoms with Crippen molar-refractivity contribution in [1.82, 2.24) is 4.98 Å². The number of aliphatic hydroxyl groups excluding tert-OH is 1. The first-order valence-corrected chi connectivity index (χ1v) is 4.09. The van der Waals surface area contributed by atoms with Crippen molar-refractivity contribution in [2.45, 2.75) is 12.5 Å². The van der Waals surface area contributed by atoms with Crippen LogP contribution in [0, 0.1) is 10.1 Å². The van der Waals surface area contributed by atoms with E-state index in [4.69, 9.17) is 10.8 Å². The van der Waals surface area contributed by atoms with Gasteiger partial charge in [0, 0.05) is 24.2 Å². The zero-order valence-corrected chi connectivity index (χ0v) is 7.46. The molecule has 6 heteroatoms. The molecule has 1 aromatic rings. The Hall–Kier alpha value is -1.53. The molecule has 0 saturated carbocycles. The fourth-order valence-electron chi connectivity index (χ4n) is 0.979. The van der Waals surface area contributed by atoms with Crippen LogP contribution in [0.5, 0.6) is 0 Å². The SMILES string of the molecule is NC(CO)Cc1ccc([N+](=O)[O-])cn1. The Labute approximate surface area is 80.5 Å². The van der Waals surface area contributed by atoms with E-state index < -0.39 is 4.92 Å². The van der Waals surface area contributed by atoms with Crippen LogP contribution in [0.3, 0.4) is 0 Å². The minimum Gasteiger partial charge on any atom is -0.395 e. The summed E-state index contributed by atoms with van der Waals surface area (Å²) in [6.45, 7) is -0.126. The molecule has 0 fully saturated rings. The Balaban J connectivity index is 2.68. The van der Waals surface area contributed by atoms with Crippen LogP contribution in [0.1, 0.15) is 5.69 Å². The van der Waals surface area contributed by atoms with E-state index >= 15 is 0 Å². The zero-order valence-electron chi connectivity index (χ0n) is 7.46. The predicted molar refractivity (Wildman–Crippen MR) is 49.7 cm³/mol. The zero-order chi connectivity index (χ0) is 10.6. The summed E-state index contributed by atoms with van der Waals surface area (Å²) in [6.07, 6.45) is 1.59. The molecule has 1 atom stereocenters. The van der Waals surface area contributed by atoms with E-state index in [1.54, 1.807) is 0 Å². The van der Waals surface area contributed by atoms with Gasteiger partial charge in [0.15, 0.2) is 0 Å². The summed E-state index contributed by atoms with van der Waals surface area (Å²) in [6, 6.07) is 2.53. The summed E-state index contributed by atoms with van der Waals surface area (Å²) in [5, 5.41) is 19.0. The standard InChI is InChI=1S/C8H11N3O3/c9-6(5-12)3-7-1-2-8(4-10-7)11(13)14/h1-2,4,6,12H,3,5,9H2. The van der Waals surface area contributed by atoms with Gasteiger partial charge in [-0.2, -0.15) is 0 Å². The molecular formula is C8H11N3O3. The summed E-state index contributed by atoms with van der Waals surface area (Å²) < 4.78 is 0. The van der Waals surface area contributed by atoms with Gasteiger partial charge >= 0.3 is 0 Å². The summed E-state index contributed by atoms with van der Waals surface area (Å²) in [5.74, 6) is 0. The molecule has 3 N–H and O–H groups in total. The Bertz CT molecular complexity index is 312. The van der Waals surface area contributed by atoms with Crippen molar-refractivity contribution in [3.05, 3.63) is 34.1 Å².